The Kier molecular flexibility index (Phi) is 18.9. The third kappa shape index (κ3) is 31.5. The first-order chi connectivity index (χ1) is 7.15. The molecule has 2 heteroatoms. The van der Waals surface area contributed by atoms with Gasteiger partial charge in [0.2, 0.25) is 0 Å². The standard InChI is InChI=1S/C10H21O.C3H9N/c1-2-3-4-5-6-7-8-9-10-11;1-4(2)3/h2-10H2,1H3;1-3H3/q-1;/p+1. The zero-order valence-electron chi connectivity index (χ0n) is 11.3. The Labute approximate surface area is 96.7 Å². The predicted molar refractivity (Wildman–Crippen MR) is 66.2 cm³/mol. The van der Waals surface area contributed by atoms with E-state index in [9.17, 15) is 5.11 Å². The van der Waals surface area contributed by atoms with Crippen molar-refractivity contribution in [2.75, 3.05) is 27.7 Å². The number of hydrogen-bond donors (Lipinski definition) is 1. The molecule has 0 fully saturated rings. The molecule has 0 aliphatic heterocycles. The van der Waals surface area contributed by atoms with Crippen molar-refractivity contribution in [2.45, 2.75) is 58.3 Å². The van der Waals surface area contributed by atoms with Crippen LogP contribution in [-0.2, 0) is 0 Å². The van der Waals surface area contributed by atoms with E-state index >= 15 is 0 Å². The van der Waals surface area contributed by atoms with Crippen molar-refractivity contribution in [1.82, 2.24) is 0 Å². The quantitative estimate of drug-likeness (QED) is 0.609. The van der Waals surface area contributed by atoms with Gasteiger partial charge in [0.15, 0.2) is 0 Å². The van der Waals surface area contributed by atoms with Gasteiger partial charge in [-0.25, -0.2) is 0 Å². The molecule has 0 spiro atoms. The Morgan fingerprint density at radius 3 is 1.40 bits per heavy atom. The molecule has 1 N–H and O–H groups in total. The number of quaternary nitrogens is 1. The molecule has 0 radical (unpaired) electrons. The smallest absolute Gasteiger partial charge is 0.0661 e. The Balaban J connectivity index is 0. The summed E-state index contributed by atoms with van der Waals surface area (Å²) in [6.45, 7) is 2.35. The highest BCUT2D eigenvalue weighted by atomic mass is 16.2. The van der Waals surface area contributed by atoms with Crippen molar-refractivity contribution in [3.8, 4) is 0 Å². The van der Waals surface area contributed by atoms with Gasteiger partial charge < -0.3 is 10.0 Å². The first-order valence-electron chi connectivity index (χ1n) is 6.50. The summed E-state index contributed by atoms with van der Waals surface area (Å²) < 4.78 is 0. The van der Waals surface area contributed by atoms with Gasteiger partial charge in [0, 0.05) is 0 Å². The summed E-state index contributed by atoms with van der Waals surface area (Å²) in [5, 5.41) is 10.1. The Morgan fingerprint density at radius 2 is 1.07 bits per heavy atom. The molecule has 0 saturated heterocycles. The second-order valence-electron chi connectivity index (χ2n) is 4.68. The molecule has 2 nitrogen and oxygen atoms in total. The van der Waals surface area contributed by atoms with Gasteiger partial charge in [-0.3, -0.25) is 0 Å². The van der Waals surface area contributed by atoms with E-state index in [0.29, 0.717) is 0 Å². The summed E-state index contributed by atoms with van der Waals surface area (Å²) in [7, 11) is 6.25. The minimum absolute atomic E-state index is 0.120. The number of rotatable bonds is 8. The van der Waals surface area contributed by atoms with Crippen LogP contribution in [0.3, 0.4) is 0 Å². The van der Waals surface area contributed by atoms with Crippen LogP contribution in [0.1, 0.15) is 58.3 Å². The van der Waals surface area contributed by atoms with Crippen LogP contribution in [0.25, 0.3) is 0 Å². The van der Waals surface area contributed by atoms with Crippen LogP contribution in [0.5, 0.6) is 0 Å². The lowest BCUT2D eigenvalue weighted by atomic mass is 10.1. The lowest BCUT2D eigenvalue weighted by Crippen LogP contribution is -3.02. The molecule has 0 aliphatic rings. The number of nitrogens with one attached hydrogen (secondary N) is 1. The van der Waals surface area contributed by atoms with Crippen LogP contribution in [0, 0.1) is 0 Å². The minimum Gasteiger partial charge on any atom is -0.854 e. The fraction of sp³-hybridized carbons (Fsp3) is 1.00. The maximum absolute atomic E-state index is 10.1. The summed E-state index contributed by atoms with van der Waals surface area (Å²) in [6.07, 6.45) is 10.1. The minimum atomic E-state index is 0.120. The molecule has 0 aliphatic carbocycles. The third-order valence-electron chi connectivity index (χ3n) is 2.00. The highest BCUT2D eigenvalue weighted by Gasteiger charge is 1.88. The van der Waals surface area contributed by atoms with Crippen molar-refractivity contribution in [1.29, 1.82) is 0 Å². The van der Waals surface area contributed by atoms with Crippen molar-refractivity contribution < 1.29 is 10.0 Å². The molecule has 0 aromatic rings. The monoisotopic (exact) mass is 217 g/mol. The molecule has 0 saturated carbocycles. The molecule has 0 aromatic heterocycles. The van der Waals surface area contributed by atoms with Crippen LogP contribution in [0.2, 0.25) is 0 Å². The van der Waals surface area contributed by atoms with Gasteiger partial charge in [-0.2, -0.15) is 0 Å². The van der Waals surface area contributed by atoms with E-state index in [1.54, 1.807) is 0 Å². The average Bonchev–Trinajstić information content (AvgIpc) is 2.16. The fourth-order valence-electron chi connectivity index (χ4n) is 1.24. The molecule has 0 amide bonds. The molecular formula is C13H31NO. The second kappa shape index (κ2) is 16.4. The molecule has 0 atom stereocenters. The SMILES string of the molecule is CCCCCCCCCC[O-].C[NH+](C)C. The summed E-state index contributed by atoms with van der Waals surface area (Å²) in [5.74, 6) is 0. The van der Waals surface area contributed by atoms with Crippen LogP contribution in [-0.4, -0.2) is 27.7 Å². The summed E-state index contributed by atoms with van der Waals surface area (Å²) in [6, 6.07) is 0. The highest BCUT2D eigenvalue weighted by molar-refractivity contribution is 4.44. The average molecular weight is 217 g/mol. The van der Waals surface area contributed by atoms with Gasteiger partial charge in [-0.15, -0.1) is 6.61 Å². The van der Waals surface area contributed by atoms with Crippen molar-refractivity contribution >= 4 is 0 Å². The Bertz CT molecular complexity index is 83.8. The summed E-state index contributed by atoms with van der Waals surface area (Å²) in [5.41, 5.74) is 0. The van der Waals surface area contributed by atoms with Crippen LogP contribution < -0.4 is 10.0 Å². The van der Waals surface area contributed by atoms with E-state index < -0.39 is 0 Å². The van der Waals surface area contributed by atoms with Gasteiger partial charge in [0.25, 0.3) is 0 Å². The Hall–Kier alpha value is -0.0800. The van der Waals surface area contributed by atoms with E-state index in [2.05, 4.69) is 28.1 Å². The molecule has 94 valence electrons. The number of hydrogen-bond acceptors (Lipinski definition) is 1. The highest BCUT2D eigenvalue weighted by Crippen LogP contribution is 2.07. The molecule has 0 unspecified atom stereocenters. The van der Waals surface area contributed by atoms with Gasteiger partial charge in [0.1, 0.15) is 0 Å². The molecule has 0 aromatic carbocycles. The maximum atomic E-state index is 10.1. The zero-order chi connectivity index (χ0) is 11.9. The van der Waals surface area contributed by atoms with Crippen molar-refractivity contribution in [3.05, 3.63) is 0 Å². The molecule has 15 heavy (non-hydrogen) atoms. The lowest BCUT2D eigenvalue weighted by Gasteiger charge is -2.02. The van der Waals surface area contributed by atoms with Gasteiger partial charge in [0.05, 0.1) is 21.1 Å². The first-order valence-corrected chi connectivity index (χ1v) is 6.50. The van der Waals surface area contributed by atoms with E-state index in [1.807, 2.05) is 0 Å². The van der Waals surface area contributed by atoms with E-state index in [4.69, 9.17) is 0 Å². The molecule has 0 heterocycles. The molecule has 0 rings (SSSR count). The van der Waals surface area contributed by atoms with Crippen molar-refractivity contribution in [3.63, 3.8) is 0 Å². The first kappa shape index (κ1) is 17.3. The van der Waals surface area contributed by atoms with Crippen molar-refractivity contribution in [2.24, 2.45) is 0 Å². The maximum Gasteiger partial charge on any atom is 0.0661 e. The van der Waals surface area contributed by atoms with Crippen LogP contribution in [0.4, 0.5) is 0 Å². The fourth-order valence-corrected chi connectivity index (χ4v) is 1.24. The summed E-state index contributed by atoms with van der Waals surface area (Å²) >= 11 is 0. The molecule has 0 bridgehead atoms. The van der Waals surface area contributed by atoms with E-state index in [-0.39, 0.29) is 6.61 Å². The topological polar surface area (TPSA) is 27.5 Å². The lowest BCUT2D eigenvalue weighted by molar-refractivity contribution is -0.836. The van der Waals surface area contributed by atoms with Gasteiger partial charge in [-0.1, -0.05) is 58.3 Å². The van der Waals surface area contributed by atoms with Gasteiger partial charge >= 0.3 is 0 Å². The predicted octanol–water partition coefficient (Wildman–Crippen LogP) is 1.25. The molecular weight excluding hydrogens is 186 g/mol. The van der Waals surface area contributed by atoms with Gasteiger partial charge in [-0.05, 0) is 0 Å². The Morgan fingerprint density at radius 1 is 0.733 bits per heavy atom. The zero-order valence-corrected chi connectivity index (χ0v) is 11.3. The third-order valence-corrected chi connectivity index (χ3v) is 2.00. The van der Waals surface area contributed by atoms with Crippen LogP contribution >= 0.6 is 0 Å². The second-order valence-corrected chi connectivity index (χ2v) is 4.68. The summed E-state index contributed by atoms with van der Waals surface area (Å²) in [4.78, 5) is 1.42. The van der Waals surface area contributed by atoms with E-state index in [1.165, 1.54) is 43.4 Å². The normalized spacial score (nSPS) is 10.0. The number of unbranched alkanes of at least 4 members (excludes halogenated alkanes) is 7. The van der Waals surface area contributed by atoms with Crippen LogP contribution in [0.15, 0.2) is 0 Å². The van der Waals surface area contributed by atoms with E-state index in [0.717, 1.165) is 12.8 Å². The largest absolute Gasteiger partial charge is 0.854 e.